The highest BCUT2D eigenvalue weighted by molar-refractivity contribution is 6.15. The maximum absolute atomic E-state index is 6.11. The summed E-state index contributed by atoms with van der Waals surface area (Å²) in [4.78, 5) is 0. The first-order valence-corrected chi connectivity index (χ1v) is 45.9. The van der Waals surface area contributed by atoms with Gasteiger partial charge in [-0.3, -0.25) is 0 Å². The van der Waals surface area contributed by atoms with Crippen LogP contribution in [0.1, 0.15) is 177 Å². The topological polar surface area (TPSA) is 92.0 Å². The van der Waals surface area contributed by atoms with E-state index in [2.05, 4.69) is 394 Å². The Morgan fingerprint density at radius 2 is 0.446 bits per heavy atom. The maximum atomic E-state index is 6.11. The van der Waals surface area contributed by atoms with Crippen LogP contribution in [0.3, 0.4) is 0 Å². The largest absolute Gasteiger partial charge is 0.456 e. The molecule has 7 aromatic heterocycles. The summed E-state index contributed by atoms with van der Waals surface area (Å²) in [5.41, 5.74) is 30.4. The number of benzene rings is 17. The number of hydrogen-bond donors (Lipinski definition) is 0. The van der Waals surface area contributed by atoms with Crippen molar-refractivity contribution in [1.29, 1.82) is 0 Å². The van der Waals surface area contributed by atoms with Gasteiger partial charge in [0.25, 0.3) is 0 Å². The van der Waals surface area contributed by atoms with Gasteiger partial charge in [0.05, 0.1) is 0 Å². The lowest BCUT2D eigenvalue weighted by molar-refractivity contribution is 0.657. The van der Waals surface area contributed by atoms with Crippen LogP contribution in [0, 0.1) is 0 Å². The lowest BCUT2D eigenvalue weighted by Crippen LogP contribution is -1.88. The van der Waals surface area contributed by atoms with Crippen molar-refractivity contribution in [1.82, 2.24) is 0 Å². The molecule has 24 aromatic rings. The third kappa shape index (κ3) is 17.6. The van der Waals surface area contributed by atoms with Crippen LogP contribution in [0.5, 0.6) is 0 Å². The molecular weight excluding hydrogens is 1590 g/mol. The van der Waals surface area contributed by atoms with Gasteiger partial charge >= 0.3 is 0 Å². The molecular formula is C123H110O7. The summed E-state index contributed by atoms with van der Waals surface area (Å²) < 4.78 is 41.7. The van der Waals surface area contributed by atoms with Crippen molar-refractivity contribution in [3.8, 4) is 33.4 Å². The van der Waals surface area contributed by atoms with Gasteiger partial charge in [-0.2, -0.15) is 0 Å². The third-order valence-corrected chi connectivity index (χ3v) is 25.0. The van der Waals surface area contributed by atoms with Gasteiger partial charge in [0, 0.05) is 75.4 Å². The zero-order valence-corrected chi connectivity index (χ0v) is 76.6. The summed E-state index contributed by atoms with van der Waals surface area (Å²) in [6.45, 7) is 31.0. The minimum absolute atomic E-state index is 0.466. The van der Waals surface area contributed by atoms with Gasteiger partial charge in [-0.05, 0) is 211 Å². The standard InChI is InChI=1S/3C21H18O.4C15H14O/c1-14(2)16-10-6-12-18-20(16)21-17(11-7-13-19(21)22-18)15-8-4-3-5-9-15;1-14(2)17-9-6-10-20-21(17)18-13-16(11-12-19(18)22-20)15-7-4-3-5-8-15;1-14(2)17-9-6-10-19-21(17)18-12-11-16(13-20(18)22-19)15-7-4-3-5-8-15;1-10(2)11-7-5-8-13-12-6-3-4-9-14(12)16-15(11)13;1-10(2)11-7-5-9-14-15(11)12-6-3-4-8-13(12)16-14;1-10(2)11-7-8-15-13(9-11)12-5-3-4-6-14(12)16-15;1-10(2)11-7-8-13-12-5-3-4-6-14(12)16-15(13)9-11/h3*3-14H,1-2H3;4*3-10H,1-2H3. The fourth-order valence-electron chi connectivity index (χ4n) is 18.2. The molecule has 0 aliphatic rings. The van der Waals surface area contributed by atoms with E-state index in [9.17, 15) is 0 Å². The Morgan fingerprint density at radius 1 is 0.146 bits per heavy atom. The molecule has 0 saturated carbocycles. The van der Waals surface area contributed by atoms with Crippen LogP contribution in [0.4, 0.5) is 0 Å². The Labute approximate surface area is 760 Å². The molecule has 0 aliphatic carbocycles. The smallest absolute Gasteiger partial charge is 0.138 e. The molecule has 0 fully saturated rings. The van der Waals surface area contributed by atoms with Gasteiger partial charge in [-0.25, -0.2) is 0 Å². The molecule has 0 radical (unpaired) electrons. The average Bonchev–Trinajstić information content (AvgIpc) is 1.59. The Balaban J connectivity index is 0.000000103. The molecule has 0 spiro atoms. The second-order valence-electron chi connectivity index (χ2n) is 36.1. The summed E-state index contributed by atoms with van der Waals surface area (Å²) in [5, 5.41) is 17.2. The van der Waals surface area contributed by atoms with Crippen molar-refractivity contribution in [2.75, 3.05) is 0 Å². The quantitative estimate of drug-likeness (QED) is 0.135. The molecule has 24 rings (SSSR count). The zero-order valence-electron chi connectivity index (χ0n) is 76.6. The second-order valence-corrected chi connectivity index (χ2v) is 36.1. The van der Waals surface area contributed by atoms with Crippen LogP contribution in [0.15, 0.2) is 401 Å². The fraction of sp³-hybridized carbons (Fsp3) is 0.171. The molecule has 0 unspecified atom stereocenters. The van der Waals surface area contributed by atoms with Gasteiger partial charge in [0.15, 0.2) is 0 Å². The second kappa shape index (κ2) is 37.7. The van der Waals surface area contributed by atoms with Crippen molar-refractivity contribution in [3.63, 3.8) is 0 Å². The van der Waals surface area contributed by atoms with E-state index in [0.717, 1.165) is 78.2 Å². The van der Waals surface area contributed by atoms with Crippen molar-refractivity contribution >= 4 is 154 Å². The van der Waals surface area contributed by atoms with Gasteiger partial charge in [-0.15, -0.1) is 0 Å². The summed E-state index contributed by atoms with van der Waals surface area (Å²) in [5.74, 6) is 3.53. The predicted molar refractivity (Wildman–Crippen MR) is 551 cm³/mol. The molecule has 7 nitrogen and oxygen atoms in total. The first-order valence-electron chi connectivity index (χ1n) is 45.9. The molecule has 130 heavy (non-hydrogen) atoms. The average molecular weight is 1700 g/mol. The van der Waals surface area contributed by atoms with E-state index in [1.54, 1.807) is 0 Å². The highest BCUT2D eigenvalue weighted by atomic mass is 16.4. The van der Waals surface area contributed by atoms with Gasteiger partial charge < -0.3 is 30.9 Å². The molecule has 0 atom stereocenters. The fourth-order valence-corrected chi connectivity index (χ4v) is 18.2. The van der Waals surface area contributed by atoms with Gasteiger partial charge in [0.2, 0.25) is 0 Å². The van der Waals surface area contributed by atoms with Crippen LogP contribution in [-0.4, -0.2) is 0 Å². The van der Waals surface area contributed by atoms with Crippen molar-refractivity contribution in [2.24, 2.45) is 0 Å². The van der Waals surface area contributed by atoms with Crippen LogP contribution < -0.4 is 0 Å². The number of furan rings is 7. The lowest BCUT2D eigenvalue weighted by Gasteiger charge is -2.09. The Kier molecular flexibility index (Phi) is 25.0. The molecule has 7 heterocycles. The SMILES string of the molecule is CC(C)c1ccc2c(c1)oc1ccccc12.CC(C)c1ccc2oc3ccccc3c2c1.CC(C)c1cccc2c1oc1ccccc12.CC(C)c1cccc2oc3cc(-c4ccccc4)ccc3c12.CC(C)c1cccc2oc3ccc(-c4ccccc4)cc3c12.CC(C)c1cccc2oc3cccc(-c4ccccc4)c3c12.CC(C)c1cccc2oc3ccccc3c12. The van der Waals surface area contributed by atoms with Crippen LogP contribution in [0.25, 0.3) is 187 Å². The monoisotopic (exact) mass is 1700 g/mol. The number of para-hydroxylation sites is 5. The van der Waals surface area contributed by atoms with E-state index in [1.807, 2.05) is 72.8 Å². The van der Waals surface area contributed by atoms with Crippen LogP contribution >= 0.6 is 0 Å². The molecule has 0 amide bonds. The van der Waals surface area contributed by atoms with Crippen molar-refractivity contribution < 1.29 is 30.9 Å². The van der Waals surface area contributed by atoms with Crippen LogP contribution in [-0.2, 0) is 0 Å². The molecule has 0 saturated heterocycles. The maximum Gasteiger partial charge on any atom is 0.138 e. The lowest BCUT2D eigenvalue weighted by atomic mass is 9.93. The van der Waals surface area contributed by atoms with E-state index in [4.69, 9.17) is 30.9 Å². The van der Waals surface area contributed by atoms with E-state index in [0.29, 0.717) is 41.4 Å². The van der Waals surface area contributed by atoms with E-state index in [1.165, 1.54) is 148 Å². The summed E-state index contributed by atoms with van der Waals surface area (Å²) in [6.07, 6.45) is 0. The third-order valence-electron chi connectivity index (χ3n) is 25.0. The molecule has 17 aromatic carbocycles. The minimum atomic E-state index is 0.466. The summed E-state index contributed by atoms with van der Waals surface area (Å²) in [7, 11) is 0. The zero-order chi connectivity index (χ0) is 89.8. The molecule has 7 heteroatoms. The van der Waals surface area contributed by atoms with Crippen molar-refractivity contribution in [2.45, 2.75) is 138 Å². The first kappa shape index (κ1) is 86.1. The van der Waals surface area contributed by atoms with Crippen molar-refractivity contribution in [3.05, 3.63) is 409 Å². The van der Waals surface area contributed by atoms with Gasteiger partial charge in [0.1, 0.15) is 78.2 Å². The predicted octanol–water partition coefficient (Wildman–Crippen LogP) is 38.0. The normalized spacial score (nSPS) is 11.6. The molecule has 0 bridgehead atoms. The Morgan fingerprint density at radius 3 is 0.977 bits per heavy atom. The molecule has 0 N–H and O–H groups in total. The number of rotatable bonds is 10. The summed E-state index contributed by atoms with van der Waals surface area (Å²) >= 11 is 0. The van der Waals surface area contributed by atoms with E-state index in [-0.39, 0.29) is 0 Å². The molecule has 644 valence electrons. The number of hydrogen-bond acceptors (Lipinski definition) is 7. The van der Waals surface area contributed by atoms with Gasteiger partial charge in [-0.1, -0.05) is 370 Å². The van der Waals surface area contributed by atoms with E-state index >= 15 is 0 Å². The Hall–Kier alpha value is -14.7. The first-order chi connectivity index (χ1) is 63.3. The summed E-state index contributed by atoms with van der Waals surface area (Å²) in [6, 6.07) is 128. The van der Waals surface area contributed by atoms with Crippen LogP contribution in [0.2, 0.25) is 0 Å². The highest BCUT2D eigenvalue weighted by Gasteiger charge is 2.21. The minimum Gasteiger partial charge on any atom is -0.456 e. The Bertz CT molecular complexity index is 8050. The highest BCUT2D eigenvalue weighted by Crippen LogP contribution is 2.44. The number of fused-ring (bicyclic) bond motifs is 21. The molecule has 0 aliphatic heterocycles. The van der Waals surface area contributed by atoms with E-state index < -0.39 is 0 Å².